The Labute approximate surface area is 116 Å². The van der Waals surface area contributed by atoms with Gasteiger partial charge in [0.05, 0.1) is 18.3 Å². The number of hydrogen-bond donors (Lipinski definition) is 2. The third kappa shape index (κ3) is 3.82. The van der Waals surface area contributed by atoms with E-state index < -0.39 is 0 Å². The Bertz CT molecular complexity index is 553. The first-order valence-corrected chi connectivity index (χ1v) is 7.00. The summed E-state index contributed by atoms with van der Waals surface area (Å²) in [6.45, 7) is 6.52. The Morgan fingerprint density at radius 3 is 2.79 bits per heavy atom. The molecule has 0 saturated heterocycles. The molecule has 0 atom stereocenters. The number of ether oxygens (including phenoxy) is 1. The lowest BCUT2D eigenvalue weighted by Gasteiger charge is -2.12. The summed E-state index contributed by atoms with van der Waals surface area (Å²) in [7, 11) is 0. The number of thiazole rings is 1. The normalized spacial score (nSPS) is 10.7. The van der Waals surface area contributed by atoms with Gasteiger partial charge in [-0.15, -0.1) is 11.3 Å². The minimum absolute atomic E-state index is 0.0478. The summed E-state index contributed by atoms with van der Waals surface area (Å²) < 4.78 is 5.55. The van der Waals surface area contributed by atoms with Crippen molar-refractivity contribution in [2.45, 2.75) is 33.4 Å². The number of nitrogens with zero attached hydrogens (tertiary/aromatic N) is 2. The molecular weight excluding hydrogens is 260 g/mol. The molecule has 2 rings (SSSR count). The van der Waals surface area contributed by atoms with Gasteiger partial charge >= 0.3 is 0 Å². The van der Waals surface area contributed by atoms with E-state index in [1.807, 2.05) is 32.2 Å². The van der Waals surface area contributed by atoms with Gasteiger partial charge in [0, 0.05) is 11.1 Å². The SMILES string of the molecule is Cc1csc(CNc2ccc(N)c(OC(C)C)n2)n1. The maximum atomic E-state index is 5.82. The minimum atomic E-state index is 0.0478. The molecule has 2 aromatic heterocycles. The molecule has 102 valence electrons. The number of hydrogen-bond acceptors (Lipinski definition) is 6. The maximum Gasteiger partial charge on any atom is 0.239 e. The fourth-order valence-corrected chi connectivity index (χ4v) is 2.23. The highest BCUT2D eigenvalue weighted by molar-refractivity contribution is 7.09. The third-order valence-corrected chi connectivity index (χ3v) is 3.29. The van der Waals surface area contributed by atoms with Gasteiger partial charge in [-0.25, -0.2) is 4.98 Å². The van der Waals surface area contributed by atoms with E-state index in [4.69, 9.17) is 10.5 Å². The largest absolute Gasteiger partial charge is 0.473 e. The van der Waals surface area contributed by atoms with E-state index in [1.54, 1.807) is 17.4 Å². The predicted molar refractivity (Wildman–Crippen MR) is 78.6 cm³/mol. The average molecular weight is 278 g/mol. The summed E-state index contributed by atoms with van der Waals surface area (Å²) in [5.41, 5.74) is 7.41. The van der Waals surface area contributed by atoms with Gasteiger partial charge in [0.2, 0.25) is 5.88 Å². The van der Waals surface area contributed by atoms with Crippen LogP contribution in [0.1, 0.15) is 24.5 Å². The van der Waals surface area contributed by atoms with Gasteiger partial charge < -0.3 is 15.8 Å². The van der Waals surface area contributed by atoms with Crippen molar-refractivity contribution in [3.63, 3.8) is 0 Å². The van der Waals surface area contributed by atoms with Crippen LogP contribution in [0.2, 0.25) is 0 Å². The standard InChI is InChI=1S/C13H18N4OS/c1-8(2)18-13-10(14)4-5-11(17-13)15-6-12-16-9(3)7-19-12/h4-5,7-8H,6,14H2,1-3H3,(H,15,17). The van der Waals surface area contributed by atoms with Crippen LogP contribution in [0.4, 0.5) is 11.5 Å². The van der Waals surface area contributed by atoms with E-state index in [0.29, 0.717) is 18.1 Å². The van der Waals surface area contributed by atoms with Crippen molar-refractivity contribution in [2.24, 2.45) is 0 Å². The van der Waals surface area contributed by atoms with Crippen LogP contribution in [0.25, 0.3) is 0 Å². The van der Waals surface area contributed by atoms with Crippen LogP contribution in [0.3, 0.4) is 0 Å². The number of nitrogens with one attached hydrogen (secondary N) is 1. The molecule has 5 nitrogen and oxygen atoms in total. The lowest BCUT2D eigenvalue weighted by Crippen LogP contribution is -2.10. The number of anilines is 2. The molecule has 0 bridgehead atoms. The molecule has 0 saturated carbocycles. The van der Waals surface area contributed by atoms with Crippen LogP contribution in [0, 0.1) is 6.92 Å². The van der Waals surface area contributed by atoms with E-state index in [0.717, 1.165) is 16.5 Å². The van der Waals surface area contributed by atoms with Gasteiger partial charge in [-0.3, -0.25) is 0 Å². The summed E-state index contributed by atoms with van der Waals surface area (Å²) >= 11 is 1.63. The van der Waals surface area contributed by atoms with Gasteiger partial charge in [0.25, 0.3) is 0 Å². The molecule has 0 amide bonds. The maximum absolute atomic E-state index is 5.82. The van der Waals surface area contributed by atoms with Crippen molar-refractivity contribution >= 4 is 22.8 Å². The molecule has 0 unspecified atom stereocenters. The first kappa shape index (κ1) is 13.6. The van der Waals surface area contributed by atoms with Crippen LogP contribution in [-0.4, -0.2) is 16.1 Å². The van der Waals surface area contributed by atoms with Crippen LogP contribution in [0.5, 0.6) is 5.88 Å². The summed E-state index contributed by atoms with van der Waals surface area (Å²) in [6.07, 6.45) is 0.0478. The molecule has 0 aliphatic carbocycles. The highest BCUT2D eigenvalue weighted by Gasteiger charge is 2.07. The molecular formula is C13H18N4OS. The zero-order chi connectivity index (χ0) is 13.8. The van der Waals surface area contributed by atoms with Crippen molar-refractivity contribution in [2.75, 3.05) is 11.1 Å². The van der Waals surface area contributed by atoms with E-state index in [1.165, 1.54) is 0 Å². The monoisotopic (exact) mass is 278 g/mol. The van der Waals surface area contributed by atoms with E-state index >= 15 is 0 Å². The lowest BCUT2D eigenvalue weighted by atomic mass is 10.4. The molecule has 0 aromatic carbocycles. The topological polar surface area (TPSA) is 73.1 Å². The number of rotatable bonds is 5. The van der Waals surface area contributed by atoms with Gasteiger partial charge in [-0.05, 0) is 32.9 Å². The highest BCUT2D eigenvalue weighted by Crippen LogP contribution is 2.22. The summed E-state index contributed by atoms with van der Waals surface area (Å²) in [5, 5.41) is 6.27. The molecule has 6 heteroatoms. The Morgan fingerprint density at radius 1 is 1.37 bits per heavy atom. The molecule has 2 heterocycles. The summed E-state index contributed by atoms with van der Waals surface area (Å²) in [4.78, 5) is 8.74. The average Bonchev–Trinajstić information content (AvgIpc) is 2.75. The second kappa shape index (κ2) is 5.88. The van der Waals surface area contributed by atoms with Gasteiger partial charge in [-0.2, -0.15) is 4.98 Å². The smallest absolute Gasteiger partial charge is 0.239 e. The number of aromatic nitrogens is 2. The molecule has 19 heavy (non-hydrogen) atoms. The lowest BCUT2D eigenvalue weighted by molar-refractivity contribution is 0.234. The van der Waals surface area contributed by atoms with Crippen molar-refractivity contribution in [3.8, 4) is 5.88 Å². The first-order chi connectivity index (χ1) is 9.04. The Hall–Kier alpha value is -1.82. The zero-order valence-corrected chi connectivity index (χ0v) is 12.1. The summed E-state index contributed by atoms with van der Waals surface area (Å²) in [6, 6.07) is 3.63. The number of nitrogens with two attached hydrogens (primary N) is 1. The van der Waals surface area contributed by atoms with E-state index in [2.05, 4.69) is 15.3 Å². The van der Waals surface area contributed by atoms with Crippen molar-refractivity contribution in [1.82, 2.24) is 9.97 Å². The van der Waals surface area contributed by atoms with Crippen LogP contribution < -0.4 is 15.8 Å². The van der Waals surface area contributed by atoms with Crippen molar-refractivity contribution in [3.05, 3.63) is 28.2 Å². The molecule has 0 spiro atoms. The van der Waals surface area contributed by atoms with Crippen LogP contribution >= 0.6 is 11.3 Å². The van der Waals surface area contributed by atoms with Gasteiger partial charge in [0.15, 0.2) is 0 Å². The minimum Gasteiger partial charge on any atom is -0.473 e. The molecule has 0 fully saturated rings. The van der Waals surface area contributed by atoms with Crippen molar-refractivity contribution in [1.29, 1.82) is 0 Å². The van der Waals surface area contributed by atoms with E-state index in [9.17, 15) is 0 Å². The van der Waals surface area contributed by atoms with Crippen LogP contribution in [0.15, 0.2) is 17.5 Å². The highest BCUT2D eigenvalue weighted by atomic mass is 32.1. The van der Waals surface area contributed by atoms with Crippen LogP contribution in [-0.2, 0) is 6.54 Å². The molecule has 2 aromatic rings. The fourth-order valence-electron chi connectivity index (χ4n) is 1.52. The first-order valence-electron chi connectivity index (χ1n) is 6.12. The summed E-state index contributed by atoms with van der Waals surface area (Å²) in [5.74, 6) is 1.20. The number of aryl methyl sites for hydroxylation is 1. The fraction of sp³-hybridized carbons (Fsp3) is 0.385. The van der Waals surface area contributed by atoms with Crippen molar-refractivity contribution < 1.29 is 4.74 Å². The zero-order valence-electron chi connectivity index (χ0n) is 11.3. The second-order valence-corrected chi connectivity index (χ2v) is 5.44. The Balaban J connectivity index is 2.04. The number of pyridine rings is 1. The predicted octanol–water partition coefficient (Wildman–Crippen LogP) is 2.83. The third-order valence-electron chi connectivity index (χ3n) is 2.32. The van der Waals surface area contributed by atoms with Gasteiger partial charge in [0.1, 0.15) is 10.8 Å². The number of nitrogen functional groups attached to an aromatic ring is 1. The molecule has 0 aliphatic rings. The van der Waals surface area contributed by atoms with E-state index in [-0.39, 0.29) is 6.10 Å². The Kier molecular flexibility index (Phi) is 4.21. The molecule has 0 aliphatic heterocycles. The Morgan fingerprint density at radius 2 is 2.16 bits per heavy atom. The molecule has 3 N–H and O–H groups in total. The van der Waals surface area contributed by atoms with Gasteiger partial charge in [-0.1, -0.05) is 0 Å². The second-order valence-electron chi connectivity index (χ2n) is 4.49. The quantitative estimate of drug-likeness (QED) is 0.879. The molecule has 0 radical (unpaired) electrons.